The van der Waals surface area contributed by atoms with E-state index in [1.54, 1.807) is 38.8 Å². The number of aromatic nitrogens is 2. The first-order chi connectivity index (χ1) is 14.0. The number of amides is 2. The zero-order chi connectivity index (χ0) is 20.4. The lowest BCUT2D eigenvalue weighted by atomic mass is 9.99. The molecule has 3 aromatic rings. The zero-order valence-corrected chi connectivity index (χ0v) is 16.5. The second kappa shape index (κ2) is 7.87. The first kappa shape index (κ1) is 18.9. The van der Waals surface area contributed by atoms with Gasteiger partial charge in [0.1, 0.15) is 5.58 Å². The van der Waals surface area contributed by atoms with Crippen molar-refractivity contribution in [1.82, 2.24) is 19.8 Å². The van der Waals surface area contributed by atoms with E-state index in [4.69, 9.17) is 4.42 Å². The summed E-state index contributed by atoms with van der Waals surface area (Å²) in [7, 11) is 3.39. The first-order valence-corrected chi connectivity index (χ1v) is 9.48. The van der Waals surface area contributed by atoms with Crippen molar-refractivity contribution in [2.24, 2.45) is 0 Å². The van der Waals surface area contributed by atoms with Gasteiger partial charge in [-0.25, -0.2) is 0 Å². The third kappa shape index (κ3) is 4.03. The highest BCUT2D eigenvalue weighted by atomic mass is 16.3. The predicted octanol–water partition coefficient (Wildman–Crippen LogP) is 2.78. The highest BCUT2D eigenvalue weighted by Gasteiger charge is 2.21. The van der Waals surface area contributed by atoms with Gasteiger partial charge in [0, 0.05) is 51.2 Å². The Morgan fingerprint density at radius 3 is 2.83 bits per heavy atom. The van der Waals surface area contributed by atoms with Crippen molar-refractivity contribution in [2.75, 3.05) is 27.2 Å². The maximum Gasteiger partial charge on any atom is 0.289 e. The Morgan fingerprint density at radius 1 is 1.21 bits per heavy atom. The number of carbonyl (C=O) groups excluding carboxylic acids is 2. The van der Waals surface area contributed by atoms with E-state index >= 15 is 0 Å². The van der Waals surface area contributed by atoms with E-state index in [-0.39, 0.29) is 18.2 Å². The van der Waals surface area contributed by atoms with E-state index in [0.717, 1.165) is 22.9 Å². The van der Waals surface area contributed by atoms with Gasteiger partial charge in [-0.15, -0.1) is 0 Å². The lowest BCUT2D eigenvalue weighted by Crippen LogP contribution is -2.36. The number of nitrogens with zero attached hydrogens (tertiary/aromatic N) is 4. The van der Waals surface area contributed by atoms with Crippen molar-refractivity contribution < 1.29 is 14.0 Å². The second-order valence-electron chi connectivity index (χ2n) is 7.27. The maximum absolute atomic E-state index is 12.7. The van der Waals surface area contributed by atoms with E-state index < -0.39 is 0 Å². The van der Waals surface area contributed by atoms with E-state index in [0.29, 0.717) is 30.1 Å². The van der Waals surface area contributed by atoms with Crippen LogP contribution in [0.5, 0.6) is 0 Å². The Kier molecular flexibility index (Phi) is 5.12. The minimum absolute atomic E-state index is 0.0411. The standard InChI is InChI=1S/C22H22N4O3/c1-25(2)22(28)20-11-17-10-15(5-6-19(17)29-20)16-4-3-9-26(14-16)21(27)12-18-13-23-7-8-24-18/h4-8,10-11,13H,3,9,12,14H2,1-2H3. The van der Waals surface area contributed by atoms with Crippen LogP contribution >= 0.6 is 0 Å². The molecule has 2 amide bonds. The molecule has 1 aromatic carbocycles. The number of hydrogen-bond acceptors (Lipinski definition) is 5. The van der Waals surface area contributed by atoms with Crippen molar-refractivity contribution in [3.05, 3.63) is 65.9 Å². The first-order valence-electron chi connectivity index (χ1n) is 9.48. The lowest BCUT2D eigenvalue weighted by molar-refractivity contribution is -0.130. The van der Waals surface area contributed by atoms with E-state index in [9.17, 15) is 9.59 Å². The lowest BCUT2D eigenvalue weighted by Gasteiger charge is -2.27. The summed E-state index contributed by atoms with van der Waals surface area (Å²) in [6.07, 6.45) is 8.03. The third-order valence-corrected chi connectivity index (χ3v) is 4.96. The molecule has 29 heavy (non-hydrogen) atoms. The minimum atomic E-state index is -0.166. The summed E-state index contributed by atoms with van der Waals surface area (Å²) in [6.45, 7) is 1.24. The highest BCUT2D eigenvalue weighted by molar-refractivity contribution is 5.96. The summed E-state index contributed by atoms with van der Waals surface area (Å²) < 4.78 is 5.67. The zero-order valence-electron chi connectivity index (χ0n) is 16.5. The number of carbonyl (C=O) groups is 2. The van der Waals surface area contributed by atoms with Crippen molar-refractivity contribution in [2.45, 2.75) is 12.8 Å². The van der Waals surface area contributed by atoms with Gasteiger partial charge in [0.25, 0.3) is 5.91 Å². The summed E-state index contributed by atoms with van der Waals surface area (Å²) in [5.41, 5.74) is 3.46. The molecule has 0 N–H and O–H groups in total. The van der Waals surface area contributed by atoms with Crippen LogP contribution in [-0.2, 0) is 11.2 Å². The number of furan rings is 1. The molecule has 0 fully saturated rings. The largest absolute Gasteiger partial charge is 0.451 e. The topological polar surface area (TPSA) is 79.5 Å². The predicted molar refractivity (Wildman–Crippen MR) is 109 cm³/mol. The Balaban J connectivity index is 1.52. The number of benzene rings is 1. The quantitative estimate of drug-likeness (QED) is 0.684. The van der Waals surface area contributed by atoms with Crippen LogP contribution in [-0.4, -0.2) is 58.8 Å². The molecule has 0 spiro atoms. The number of hydrogen-bond donors (Lipinski definition) is 0. The van der Waals surface area contributed by atoms with Gasteiger partial charge in [0.2, 0.25) is 5.91 Å². The van der Waals surface area contributed by atoms with Crippen LogP contribution in [0.3, 0.4) is 0 Å². The monoisotopic (exact) mass is 390 g/mol. The molecule has 148 valence electrons. The van der Waals surface area contributed by atoms with Crippen LogP contribution in [0.4, 0.5) is 0 Å². The highest BCUT2D eigenvalue weighted by Crippen LogP contribution is 2.27. The SMILES string of the molecule is CN(C)C(=O)c1cc2cc(C3=CCCN(C(=O)Cc4cnccn4)C3)ccc2o1. The fourth-order valence-corrected chi connectivity index (χ4v) is 3.42. The smallest absolute Gasteiger partial charge is 0.289 e. The Morgan fingerprint density at radius 2 is 2.07 bits per heavy atom. The fourth-order valence-electron chi connectivity index (χ4n) is 3.42. The van der Waals surface area contributed by atoms with Crippen LogP contribution in [0.1, 0.15) is 28.2 Å². The Labute approximate surface area is 168 Å². The molecule has 0 aliphatic carbocycles. The summed E-state index contributed by atoms with van der Waals surface area (Å²) in [5.74, 6) is 0.195. The molecule has 0 saturated carbocycles. The van der Waals surface area contributed by atoms with Gasteiger partial charge in [0.05, 0.1) is 12.1 Å². The Hall–Kier alpha value is -3.48. The molecular weight excluding hydrogens is 368 g/mol. The summed E-state index contributed by atoms with van der Waals surface area (Å²) in [6, 6.07) is 7.62. The van der Waals surface area contributed by atoms with Gasteiger partial charge in [-0.1, -0.05) is 12.1 Å². The molecule has 0 saturated heterocycles. The van der Waals surface area contributed by atoms with Gasteiger partial charge in [-0.05, 0) is 35.8 Å². The fraction of sp³-hybridized carbons (Fsp3) is 0.273. The van der Waals surface area contributed by atoms with E-state index in [2.05, 4.69) is 16.0 Å². The van der Waals surface area contributed by atoms with Crippen molar-refractivity contribution in [1.29, 1.82) is 0 Å². The van der Waals surface area contributed by atoms with Crippen LogP contribution < -0.4 is 0 Å². The van der Waals surface area contributed by atoms with Crippen LogP contribution in [0.2, 0.25) is 0 Å². The summed E-state index contributed by atoms with van der Waals surface area (Å²) in [5, 5.41) is 0.872. The molecule has 1 aliphatic heterocycles. The van der Waals surface area contributed by atoms with Gasteiger partial charge in [-0.3, -0.25) is 19.6 Å². The number of rotatable bonds is 4. The third-order valence-electron chi connectivity index (χ3n) is 4.96. The van der Waals surface area contributed by atoms with Crippen LogP contribution in [0, 0.1) is 0 Å². The molecule has 3 heterocycles. The van der Waals surface area contributed by atoms with Crippen molar-refractivity contribution in [3.63, 3.8) is 0 Å². The molecule has 0 unspecified atom stereocenters. The minimum Gasteiger partial charge on any atom is -0.451 e. The molecule has 7 nitrogen and oxygen atoms in total. The Bertz CT molecular complexity index is 1090. The number of fused-ring (bicyclic) bond motifs is 1. The normalized spacial score (nSPS) is 14.0. The van der Waals surface area contributed by atoms with Crippen LogP contribution in [0.25, 0.3) is 16.5 Å². The molecule has 7 heteroatoms. The van der Waals surface area contributed by atoms with E-state index in [1.165, 1.54) is 4.90 Å². The summed E-state index contributed by atoms with van der Waals surface area (Å²) in [4.78, 5) is 36.4. The summed E-state index contributed by atoms with van der Waals surface area (Å²) >= 11 is 0. The molecular formula is C22H22N4O3. The van der Waals surface area contributed by atoms with Crippen molar-refractivity contribution in [3.8, 4) is 0 Å². The molecule has 0 bridgehead atoms. The second-order valence-corrected chi connectivity index (χ2v) is 7.27. The van der Waals surface area contributed by atoms with Gasteiger partial charge in [-0.2, -0.15) is 0 Å². The molecule has 2 aromatic heterocycles. The molecule has 4 rings (SSSR count). The molecule has 0 radical (unpaired) electrons. The van der Waals surface area contributed by atoms with Crippen LogP contribution in [0.15, 0.2) is 53.3 Å². The van der Waals surface area contributed by atoms with E-state index in [1.807, 2.05) is 23.1 Å². The molecule has 0 atom stereocenters. The molecule has 1 aliphatic rings. The van der Waals surface area contributed by atoms with Gasteiger partial charge in [0.15, 0.2) is 5.76 Å². The van der Waals surface area contributed by atoms with Gasteiger partial charge >= 0.3 is 0 Å². The van der Waals surface area contributed by atoms with Crippen molar-refractivity contribution >= 4 is 28.4 Å². The van der Waals surface area contributed by atoms with Gasteiger partial charge < -0.3 is 14.2 Å². The average Bonchev–Trinajstić information content (AvgIpc) is 3.17. The maximum atomic E-state index is 12.7. The average molecular weight is 390 g/mol.